The Labute approximate surface area is 104 Å². The molecule has 1 aromatic carbocycles. The maximum absolute atomic E-state index is 11.8. The molecule has 0 fully saturated rings. The van der Waals surface area contributed by atoms with Gasteiger partial charge in [-0.05, 0) is 24.5 Å². The van der Waals surface area contributed by atoms with Crippen molar-refractivity contribution in [2.75, 3.05) is 18.1 Å². The van der Waals surface area contributed by atoms with Crippen molar-refractivity contribution in [2.24, 2.45) is 0 Å². The first-order valence-electron chi connectivity index (χ1n) is 5.67. The number of carbonyl (C=O) groups excluding carboxylic acids is 1. The third-order valence-corrected chi connectivity index (χ3v) is 2.71. The van der Waals surface area contributed by atoms with E-state index in [2.05, 4.69) is 10.3 Å². The molecule has 0 unspecified atom stereocenters. The molecule has 2 rings (SSSR count). The summed E-state index contributed by atoms with van der Waals surface area (Å²) in [5.74, 6) is -1.13. The lowest BCUT2D eigenvalue weighted by Crippen LogP contribution is -2.43. The van der Waals surface area contributed by atoms with Crippen molar-refractivity contribution in [3.63, 3.8) is 0 Å². The Kier molecular flexibility index (Phi) is 3.78. The number of anilines is 1. The largest absolute Gasteiger partial charge is 0.479 e. The topological polar surface area (TPSA) is 78.9 Å². The van der Waals surface area contributed by atoms with Crippen LogP contribution < -0.4 is 10.4 Å². The quantitative estimate of drug-likeness (QED) is 0.789. The molecular weight excluding hydrogens is 236 g/mol. The standard InChI is InChI=1S/C12H14N2O4/c15-11(16)8-18-13-12(17)14-7-3-5-9-4-1-2-6-10(9)14/h1-2,4,6H,3,5,7-8H2,(H,13,17)(H,15,16). The monoisotopic (exact) mass is 250 g/mol. The molecule has 2 amide bonds. The lowest BCUT2D eigenvalue weighted by molar-refractivity contribution is -0.143. The highest BCUT2D eigenvalue weighted by molar-refractivity contribution is 5.92. The van der Waals surface area contributed by atoms with Crippen LogP contribution in [-0.2, 0) is 16.1 Å². The molecular formula is C12H14N2O4. The highest BCUT2D eigenvalue weighted by Crippen LogP contribution is 2.26. The number of carbonyl (C=O) groups is 2. The van der Waals surface area contributed by atoms with Gasteiger partial charge in [0.15, 0.2) is 6.61 Å². The molecule has 6 nitrogen and oxygen atoms in total. The van der Waals surface area contributed by atoms with Crippen molar-refractivity contribution in [3.8, 4) is 0 Å². The first kappa shape index (κ1) is 12.4. The first-order valence-corrected chi connectivity index (χ1v) is 5.67. The van der Waals surface area contributed by atoms with E-state index in [1.165, 1.54) is 0 Å². The maximum atomic E-state index is 11.8. The van der Waals surface area contributed by atoms with Gasteiger partial charge >= 0.3 is 12.0 Å². The van der Waals surface area contributed by atoms with Crippen molar-refractivity contribution in [1.29, 1.82) is 0 Å². The van der Waals surface area contributed by atoms with Crippen molar-refractivity contribution in [1.82, 2.24) is 5.48 Å². The first-order chi connectivity index (χ1) is 8.68. The van der Waals surface area contributed by atoms with Gasteiger partial charge in [-0.1, -0.05) is 18.2 Å². The van der Waals surface area contributed by atoms with Gasteiger partial charge in [-0.3, -0.25) is 9.74 Å². The lowest BCUT2D eigenvalue weighted by Gasteiger charge is -2.29. The Hall–Kier alpha value is -2.08. The Morgan fingerprint density at radius 3 is 2.94 bits per heavy atom. The number of aryl methyl sites for hydroxylation is 1. The number of hydrogen-bond donors (Lipinski definition) is 2. The third-order valence-electron chi connectivity index (χ3n) is 2.71. The molecule has 0 saturated heterocycles. The van der Waals surface area contributed by atoms with Crippen molar-refractivity contribution in [3.05, 3.63) is 29.8 Å². The van der Waals surface area contributed by atoms with Gasteiger partial charge in [-0.2, -0.15) is 0 Å². The fourth-order valence-corrected chi connectivity index (χ4v) is 1.96. The average Bonchev–Trinajstić information content (AvgIpc) is 2.37. The predicted molar refractivity (Wildman–Crippen MR) is 64.2 cm³/mol. The summed E-state index contributed by atoms with van der Waals surface area (Å²) in [6.45, 7) is 0.0422. The Bertz CT molecular complexity index is 461. The predicted octanol–water partition coefficient (Wildman–Crippen LogP) is 1.16. The molecule has 0 bridgehead atoms. The smallest absolute Gasteiger partial charge is 0.345 e. The van der Waals surface area contributed by atoms with E-state index in [1.807, 2.05) is 24.3 Å². The van der Waals surface area contributed by atoms with Gasteiger partial charge in [0.2, 0.25) is 0 Å². The van der Waals surface area contributed by atoms with Crippen LogP contribution in [-0.4, -0.2) is 30.3 Å². The Morgan fingerprint density at radius 2 is 2.17 bits per heavy atom. The second kappa shape index (κ2) is 5.50. The van der Waals surface area contributed by atoms with Crippen molar-refractivity contribution < 1.29 is 19.5 Å². The van der Waals surface area contributed by atoms with E-state index >= 15 is 0 Å². The van der Waals surface area contributed by atoms with Gasteiger partial charge in [0.1, 0.15) is 0 Å². The summed E-state index contributed by atoms with van der Waals surface area (Å²) in [5, 5.41) is 8.40. The number of amides is 2. The minimum atomic E-state index is -1.13. The molecule has 18 heavy (non-hydrogen) atoms. The zero-order valence-electron chi connectivity index (χ0n) is 9.76. The van der Waals surface area contributed by atoms with Crippen LogP contribution in [0.1, 0.15) is 12.0 Å². The second-order valence-electron chi connectivity index (χ2n) is 3.97. The number of aliphatic carboxylic acids is 1. The third kappa shape index (κ3) is 2.78. The van der Waals surface area contributed by atoms with Crippen LogP contribution in [0.2, 0.25) is 0 Å². The van der Waals surface area contributed by atoms with Gasteiger partial charge in [0.05, 0.1) is 0 Å². The van der Waals surface area contributed by atoms with Crippen molar-refractivity contribution in [2.45, 2.75) is 12.8 Å². The molecule has 96 valence electrons. The van der Waals surface area contributed by atoms with Gasteiger partial charge in [0, 0.05) is 12.2 Å². The molecule has 0 spiro atoms. The van der Waals surface area contributed by atoms with E-state index in [4.69, 9.17) is 5.11 Å². The van der Waals surface area contributed by atoms with Crippen LogP contribution in [0.25, 0.3) is 0 Å². The molecule has 1 heterocycles. The van der Waals surface area contributed by atoms with E-state index in [-0.39, 0.29) is 0 Å². The average molecular weight is 250 g/mol. The summed E-state index contributed by atoms with van der Waals surface area (Å²) in [7, 11) is 0. The number of hydrogen-bond acceptors (Lipinski definition) is 3. The number of hydroxylamine groups is 1. The highest BCUT2D eigenvalue weighted by atomic mass is 16.7. The summed E-state index contributed by atoms with van der Waals surface area (Å²) < 4.78 is 0. The summed E-state index contributed by atoms with van der Waals surface area (Å²) in [6.07, 6.45) is 1.82. The SMILES string of the molecule is O=C(O)CONC(=O)N1CCCc2ccccc21. The van der Waals surface area contributed by atoms with Crippen LogP contribution in [0.5, 0.6) is 0 Å². The molecule has 0 aliphatic carbocycles. The molecule has 0 radical (unpaired) electrons. The number of para-hydroxylation sites is 1. The number of nitrogens with zero attached hydrogens (tertiary/aromatic N) is 1. The van der Waals surface area contributed by atoms with Crippen LogP contribution in [0.4, 0.5) is 10.5 Å². The normalized spacial score (nSPS) is 13.9. The molecule has 2 N–H and O–H groups in total. The van der Waals surface area contributed by atoms with E-state index in [0.717, 1.165) is 24.1 Å². The number of nitrogens with one attached hydrogen (secondary N) is 1. The fourth-order valence-electron chi connectivity index (χ4n) is 1.96. The fraction of sp³-hybridized carbons (Fsp3) is 0.333. The summed E-state index contributed by atoms with van der Waals surface area (Å²) in [5.41, 5.74) is 4.09. The second-order valence-corrected chi connectivity index (χ2v) is 3.97. The van der Waals surface area contributed by atoms with Crippen LogP contribution in [0, 0.1) is 0 Å². The highest BCUT2D eigenvalue weighted by Gasteiger charge is 2.22. The summed E-state index contributed by atoms with van der Waals surface area (Å²) in [4.78, 5) is 28.2. The zero-order valence-corrected chi connectivity index (χ0v) is 9.76. The Balaban J connectivity index is 2.01. The van der Waals surface area contributed by atoms with Gasteiger partial charge in [-0.15, -0.1) is 0 Å². The number of benzene rings is 1. The van der Waals surface area contributed by atoms with E-state index in [1.54, 1.807) is 4.90 Å². The maximum Gasteiger partial charge on any atom is 0.345 e. The summed E-state index contributed by atoms with van der Waals surface area (Å²) in [6, 6.07) is 7.20. The molecule has 6 heteroatoms. The minimum absolute atomic E-state index is 0.441. The van der Waals surface area contributed by atoms with Crippen LogP contribution >= 0.6 is 0 Å². The van der Waals surface area contributed by atoms with Gasteiger partial charge < -0.3 is 5.11 Å². The molecule has 0 saturated carbocycles. The minimum Gasteiger partial charge on any atom is -0.479 e. The molecule has 1 aliphatic heterocycles. The van der Waals surface area contributed by atoms with Crippen molar-refractivity contribution >= 4 is 17.7 Å². The molecule has 1 aliphatic rings. The molecule has 1 aromatic rings. The number of carboxylic acid groups (broad SMARTS) is 1. The van der Waals surface area contributed by atoms with Gasteiger partial charge in [-0.25, -0.2) is 15.1 Å². The molecule has 0 atom stereocenters. The number of urea groups is 1. The summed E-state index contributed by atoms with van der Waals surface area (Å²) >= 11 is 0. The van der Waals surface area contributed by atoms with Gasteiger partial charge in [0.25, 0.3) is 0 Å². The van der Waals surface area contributed by atoms with E-state index in [0.29, 0.717) is 6.54 Å². The Morgan fingerprint density at radius 1 is 1.39 bits per heavy atom. The van der Waals surface area contributed by atoms with E-state index < -0.39 is 18.6 Å². The van der Waals surface area contributed by atoms with Crippen LogP contribution in [0.3, 0.4) is 0 Å². The van der Waals surface area contributed by atoms with Crippen LogP contribution in [0.15, 0.2) is 24.3 Å². The van der Waals surface area contributed by atoms with E-state index in [9.17, 15) is 9.59 Å². The number of carboxylic acids is 1. The number of rotatable bonds is 3. The lowest BCUT2D eigenvalue weighted by atomic mass is 10.0. The molecule has 0 aromatic heterocycles. The zero-order chi connectivity index (χ0) is 13.0. The number of fused-ring (bicyclic) bond motifs is 1.